The molecule has 2 N–H and O–H groups in total. The van der Waals surface area contributed by atoms with Gasteiger partial charge in [-0.15, -0.1) is 0 Å². The number of benzene rings is 1. The van der Waals surface area contributed by atoms with Crippen LogP contribution in [0.4, 0.5) is 0 Å². The van der Waals surface area contributed by atoms with Gasteiger partial charge in [0.05, 0.1) is 5.41 Å². The molecule has 0 spiro atoms. The van der Waals surface area contributed by atoms with Crippen molar-refractivity contribution < 1.29 is 0 Å². The van der Waals surface area contributed by atoms with E-state index in [1.165, 1.54) is 5.56 Å². The minimum Gasteiger partial charge on any atom is -0.365 e. The molecule has 2 heterocycles. The molecule has 4 rings (SSSR count). The Morgan fingerprint density at radius 2 is 1.90 bits per heavy atom. The number of H-pyrrole nitrogens is 2. The quantitative estimate of drug-likeness (QED) is 0.763. The molecule has 4 nitrogen and oxygen atoms in total. The third kappa shape index (κ3) is 1.61. The zero-order valence-corrected chi connectivity index (χ0v) is 11.4. The van der Waals surface area contributed by atoms with Crippen molar-refractivity contribution in [3.8, 4) is 11.4 Å². The minimum absolute atomic E-state index is 0.0523. The Kier molecular flexibility index (Phi) is 2.33. The van der Waals surface area contributed by atoms with E-state index >= 15 is 0 Å². The van der Waals surface area contributed by atoms with E-state index in [0.717, 1.165) is 35.7 Å². The van der Waals surface area contributed by atoms with Crippen molar-refractivity contribution >= 4 is 0 Å². The summed E-state index contributed by atoms with van der Waals surface area (Å²) in [6.07, 6.45) is 4.19. The summed E-state index contributed by atoms with van der Waals surface area (Å²) in [6.45, 7) is 2.04. The standard InChI is InChI=1S/C16H16N4/c1-11-13(7-10-17-11)14-18-15(20-19-14)16(8-9-16)12-5-3-2-4-6-12/h2-7,10,17H,8-9H2,1H3,(H,18,19,20). The Bertz CT molecular complexity index is 735. The maximum atomic E-state index is 4.74. The van der Waals surface area contributed by atoms with E-state index in [-0.39, 0.29) is 5.41 Å². The molecular formula is C16H16N4. The normalized spacial score (nSPS) is 16.2. The van der Waals surface area contributed by atoms with E-state index in [9.17, 15) is 0 Å². The summed E-state index contributed by atoms with van der Waals surface area (Å²) in [4.78, 5) is 7.91. The second kappa shape index (κ2) is 4.07. The van der Waals surface area contributed by atoms with Gasteiger partial charge in [-0.3, -0.25) is 5.10 Å². The number of aryl methyl sites for hydroxylation is 1. The lowest BCUT2D eigenvalue weighted by atomic mass is 9.95. The first kappa shape index (κ1) is 11.5. The topological polar surface area (TPSA) is 57.4 Å². The predicted octanol–water partition coefficient (Wildman–Crippen LogP) is 3.19. The fraction of sp³-hybridized carbons (Fsp3) is 0.250. The van der Waals surface area contributed by atoms with Crippen molar-refractivity contribution in [2.45, 2.75) is 25.2 Å². The van der Waals surface area contributed by atoms with E-state index in [0.29, 0.717) is 0 Å². The van der Waals surface area contributed by atoms with E-state index in [1.807, 2.05) is 19.2 Å². The highest BCUT2D eigenvalue weighted by atomic mass is 15.2. The first-order chi connectivity index (χ1) is 9.79. The smallest absolute Gasteiger partial charge is 0.182 e. The molecule has 0 unspecified atom stereocenters. The van der Waals surface area contributed by atoms with Gasteiger partial charge in [0, 0.05) is 17.5 Å². The van der Waals surface area contributed by atoms with Gasteiger partial charge in [0.2, 0.25) is 0 Å². The molecule has 0 amide bonds. The van der Waals surface area contributed by atoms with Gasteiger partial charge in [-0.25, -0.2) is 4.98 Å². The molecule has 1 aromatic carbocycles. The average Bonchev–Trinajstić information content (AvgIpc) is 2.94. The third-order valence-electron chi connectivity index (χ3n) is 4.21. The summed E-state index contributed by atoms with van der Waals surface area (Å²) in [7, 11) is 0. The number of aromatic amines is 2. The number of hydrogen-bond acceptors (Lipinski definition) is 2. The lowest BCUT2D eigenvalue weighted by Gasteiger charge is -2.11. The van der Waals surface area contributed by atoms with E-state index in [1.54, 1.807) is 0 Å². The lowest BCUT2D eigenvalue weighted by molar-refractivity contribution is 0.761. The Morgan fingerprint density at radius 3 is 2.55 bits per heavy atom. The van der Waals surface area contributed by atoms with Crippen LogP contribution in [0.1, 0.15) is 29.9 Å². The van der Waals surface area contributed by atoms with Crippen LogP contribution >= 0.6 is 0 Å². The summed E-state index contributed by atoms with van der Waals surface area (Å²) in [5.41, 5.74) is 3.54. The maximum Gasteiger partial charge on any atom is 0.182 e. The molecule has 0 aliphatic heterocycles. The molecule has 0 saturated heterocycles. The fourth-order valence-electron chi connectivity index (χ4n) is 2.84. The second-order valence-corrected chi connectivity index (χ2v) is 5.47. The molecule has 0 radical (unpaired) electrons. The number of aromatic nitrogens is 4. The summed E-state index contributed by atoms with van der Waals surface area (Å²) < 4.78 is 0. The minimum atomic E-state index is 0.0523. The molecule has 0 atom stereocenters. The van der Waals surface area contributed by atoms with Gasteiger partial charge < -0.3 is 4.98 Å². The predicted molar refractivity (Wildman–Crippen MR) is 77.4 cm³/mol. The van der Waals surface area contributed by atoms with Crippen LogP contribution in [-0.4, -0.2) is 20.2 Å². The Hall–Kier alpha value is -2.36. The fourth-order valence-corrected chi connectivity index (χ4v) is 2.84. The number of nitrogens with one attached hydrogen (secondary N) is 2. The SMILES string of the molecule is Cc1[nH]ccc1-c1n[nH]c(C2(c3ccccc3)CC2)n1. The van der Waals surface area contributed by atoms with E-state index < -0.39 is 0 Å². The van der Waals surface area contributed by atoms with Crippen LogP contribution in [0.2, 0.25) is 0 Å². The van der Waals surface area contributed by atoms with Gasteiger partial charge in [0.1, 0.15) is 5.82 Å². The van der Waals surface area contributed by atoms with Gasteiger partial charge >= 0.3 is 0 Å². The van der Waals surface area contributed by atoms with Crippen LogP contribution in [0.5, 0.6) is 0 Å². The van der Waals surface area contributed by atoms with Gasteiger partial charge in [-0.05, 0) is 31.4 Å². The van der Waals surface area contributed by atoms with Gasteiger partial charge in [-0.1, -0.05) is 30.3 Å². The monoisotopic (exact) mass is 264 g/mol. The molecule has 1 aliphatic rings. The van der Waals surface area contributed by atoms with E-state index in [4.69, 9.17) is 4.98 Å². The molecule has 1 aliphatic carbocycles. The molecule has 1 fully saturated rings. The Labute approximate surface area is 117 Å². The zero-order valence-electron chi connectivity index (χ0n) is 11.4. The maximum absolute atomic E-state index is 4.74. The molecule has 20 heavy (non-hydrogen) atoms. The van der Waals surface area contributed by atoms with Crippen molar-refractivity contribution in [3.63, 3.8) is 0 Å². The van der Waals surface area contributed by atoms with Gasteiger partial charge in [-0.2, -0.15) is 5.10 Å². The molecule has 100 valence electrons. The van der Waals surface area contributed by atoms with Crippen molar-refractivity contribution in [1.82, 2.24) is 20.2 Å². The van der Waals surface area contributed by atoms with Crippen LogP contribution in [0.25, 0.3) is 11.4 Å². The highest BCUT2D eigenvalue weighted by Gasteiger charge is 2.48. The third-order valence-corrected chi connectivity index (χ3v) is 4.21. The van der Waals surface area contributed by atoms with Gasteiger partial charge in [0.15, 0.2) is 5.82 Å². The number of hydrogen-bond donors (Lipinski definition) is 2. The molecule has 4 heteroatoms. The summed E-state index contributed by atoms with van der Waals surface area (Å²) in [5, 5.41) is 7.54. The average molecular weight is 264 g/mol. The van der Waals surface area contributed by atoms with Crippen molar-refractivity contribution in [2.24, 2.45) is 0 Å². The second-order valence-electron chi connectivity index (χ2n) is 5.47. The number of rotatable bonds is 3. The van der Waals surface area contributed by atoms with Crippen molar-refractivity contribution in [2.75, 3.05) is 0 Å². The van der Waals surface area contributed by atoms with Crippen LogP contribution in [0.3, 0.4) is 0 Å². The number of nitrogens with zero attached hydrogens (tertiary/aromatic N) is 2. The lowest BCUT2D eigenvalue weighted by Crippen LogP contribution is -2.10. The zero-order chi connectivity index (χ0) is 13.6. The largest absolute Gasteiger partial charge is 0.365 e. The molecule has 0 bridgehead atoms. The first-order valence-corrected chi connectivity index (χ1v) is 6.92. The molecule has 2 aromatic heterocycles. The first-order valence-electron chi connectivity index (χ1n) is 6.92. The Morgan fingerprint density at radius 1 is 1.10 bits per heavy atom. The molecule has 3 aromatic rings. The molecule has 1 saturated carbocycles. The van der Waals surface area contributed by atoms with Crippen LogP contribution in [0, 0.1) is 6.92 Å². The van der Waals surface area contributed by atoms with Crippen LogP contribution in [0.15, 0.2) is 42.6 Å². The van der Waals surface area contributed by atoms with Crippen molar-refractivity contribution in [1.29, 1.82) is 0 Å². The van der Waals surface area contributed by atoms with Crippen molar-refractivity contribution in [3.05, 3.63) is 59.7 Å². The summed E-state index contributed by atoms with van der Waals surface area (Å²) in [5.74, 6) is 1.76. The van der Waals surface area contributed by atoms with Crippen LogP contribution < -0.4 is 0 Å². The summed E-state index contributed by atoms with van der Waals surface area (Å²) >= 11 is 0. The van der Waals surface area contributed by atoms with Crippen LogP contribution in [-0.2, 0) is 5.41 Å². The highest BCUT2D eigenvalue weighted by molar-refractivity contribution is 5.58. The van der Waals surface area contributed by atoms with Gasteiger partial charge in [0.25, 0.3) is 0 Å². The highest BCUT2D eigenvalue weighted by Crippen LogP contribution is 2.52. The van der Waals surface area contributed by atoms with E-state index in [2.05, 4.69) is 45.5 Å². The Balaban J connectivity index is 1.74. The summed E-state index contributed by atoms with van der Waals surface area (Å²) in [6, 6.07) is 12.6. The molecular weight excluding hydrogens is 248 g/mol.